The van der Waals surface area contributed by atoms with Crippen LogP contribution in [-0.2, 0) is 31.6 Å². The van der Waals surface area contributed by atoms with E-state index in [9.17, 15) is 32.9 Å². The predicted molar refractivity (Wildman–Crippen MR) is 92.1 cm³/mol. The molecule has 1 fully saturated rings. The highest BCUT2D eigenvalue weighted by molar-refractivity contribution is 7.66. The van der Waals surface area contributed by atoms with Crippen molar-refractivity contribution in [3.63, 3.8) is 0 Å². The van der Waals surface area contributed by atoms with Gasteiger partial charge in [-0.2, -0.15) is 13.6 Å². The Morgan fingerprint density at radius 3 is 2.37 bits per heavy atom. The third-order valence-corrected chi connectivity index (χ3v) is 7.45. The van der Waals surface area contributed by atoms with Crippen molar-refractivity contribution in [2.45, 2.75) is 18.4 Å². The predicted octanol–water partition coefficient (Wildman–Crippen LogP) is -0.987. The summed E-state index contributed by atoms with van der Waals surface area (Å²) in [7, 11) is -16.8. The number of alkyl halides is 1. The molecule has 20 heteroatoms. The van der Waals surface area contributed by atoms with E-state index in [-0.39, 0.29) is 5.82 Å². The minimum absolute atomic E-state index is 0.130. The fourth-order valence-corrected chi connectivity index (χ4v) is 5.50. The number of nitrogens with two attached hydrogens (primary N) is 1. The molecule has 2 heterocycles. The summed E-state index contributed by atoms with van der Waals surface area (Å²) >= 11 is 0. The fourth-order valence-electron chi connectivity index (χ4n) is 2.47. The number of nitrogen functional groups attached to an aromatic ring is 1. The zero-order valence-electron chi connectivity index (χ0n) is 14.6. The normalized spacial score (nSPS) is 28.7. The molecular weight excluding hydrogens is 482 g/mol. The Labute approximate surface area is 166 Å². The molecule has 6 atom stereocenters. The van der Waals surface area contributed by atoms with Gasteiger partial charge in [0.2, 0.25) is 0 Å². The van der Waals surface area contributed by atoms with Crippen LogP contribution >= 0.6 is 23.5 Å². The summed E-state index contributed by atoms with van der Waals surface area (Å²) in [5.41, 5.74) is 4.40. The average Bonchev–Trinajstić information content (AvgIpc) is 2.85. The summed E-state index contributed by atoms with van der Waals surface area (Å²) in [6, 6.07) is 1.20. The van der Waals surface area contributed by atoms with E-state index in [1.54, 1.807) is 0 Å². The first-order valence-electron chi connectivity index (χ1n) is 7.66. The highest BCUT2D eigenvalue weighted by Gasteiger charge is 2.47. The highest BCUT2D eigenvalue weighted by Crippen LogP contribution is 2.66. The van der Waals surface area contributed by atoms with Crippen molar-refractivity contribution in [2.24, 2.45) is 5.92 Å². The molecule has 16 nitrogen and oxygen atoms in total. The van der Waals surface area contributed by atoms with Crippen molar-refractivity contribution < 1.29 is 60.6 Å². The number of hydrogen-bond donors (Lipinski definition) is 6. The molecule has 7 N–H and O–H groups in total. The number of hydrogen-bond acceptors (Lipinski definition) is 11. The molecule has 0 bridgehead atoms. The number of aliphatic hydroxyl groups excluding tert-OH is 1. The van der Waals surface area contributed by atoms with Crippen molar-refractivity contribution >= 4 is 29.3 Å². The van der Waals surface area contributed by atoms with E-state index in [1.807, 2.05) is 0 Å². The van der Waals surface area contributed by atoms with Gasteiger partial charge in [0.25, 0.3) is 0 Å². The van der Waals surface area contributed by atoms with Gasteiger partial charge in [0.05, 0.1) is 19.4 Å². The highest BCUT2D eigenvalue weighted by atomic mass is 31.3. The Morgan fingerprint density at radius 1 is 1.20 bits per heavy atom. The van der Waals surface area contributed by atoms with Crippen LogP contribution < -0.4 is 11.4 Å². The lowest BCUT2D eigenvalue weighted by Crippen LogP contribution is -2.34. The van der Waals surface area contributed by atoms with Crippen molar-refractivity contribution in [2.75, 3.05) is 19.0 Å². The van der Waals surface area contributed by atoms with Gasteiger partial charge in [-0.1, -0.05) is 0 Å². The van der Waals surface area contributed by atoms with Crippen molar-refractivity contribution in [3.05, 3.63) is 22.7 Å². The SMILES string of the molecule is Nc1ccn([C@@H]2O[C@H](COP(=O)(O)OP(=O)(O)OP(=O)(O)O)[C@@H](CF)[C@H]2O)c(=O)n1. The van der Waals surface area contributed by atoms with Gasteiger partial charge in [-0.15, -0.1) is 0 Å². The van der Waals surface area contributed by atoms with E-state index in [0.29, 0.717) is 0 Å². The molecule has 0 saturated carbocycles. The largest absolute Gasteiger partial charge is 0.490 e. The van der Waals surface area contributed by atoms with Crippen LogP contribution in [0.1, 0.15) is 6.23 Å². The quantitative estimate of drug-likeness (QED) is 0.223. The molecule has 2 rings (SSSR count). The molecule has 1 aromatic rings. The van der Waals surface area contributed by atoms with Gasteiger partial charge in [-0.05, 0) is 6.07 Å². The molecule has 0 aliphatic carbocycles. The molecule has 0 aromatic carbocycles. The van der Waals surface area contributed by atoms with Crippen LogP contribution in [0.2, 0.25) is 0 Å². The van der Waals surface area contributed by atoms with Gasteiger partial charge < -0.3 is 35.2 Å². The monoisotopic (exact) mass is 499 g/mol. The number of rotatable bonds is 9. The number of anilines is 1. The van der Waals surface area contributed by atoms with Gasteiger partial charge >= 0.3 is 29.2 Å². The lowest BCUT2D eigenvalue weighted by Gasteiger charge is -2.20. The zero-order chi connectivity index (χ0) is 22.9. The molecule has 1 aromatic heterocycles. The molecule has 0 radical (unpaired) electrons. The van der Waals surface area contributed by atoms with E-state index in [0.717, 1.165) is 10.8 Å². The minimum atomic E-state index is -5.73. The maximum Gasteiger partial charge on any atom is 0.490 e. The molecule has 172 valence electrons. The second-order valence-electron chi connectivity index (χ2n) is 5.80. The Kier molecular flexibility index (Phi) is 7.73. The third kappa shape index (κ3) is 6.72. The number of aliphatic hydroxyl groups is 1. The molecule has 0 amide bonds. The Balaban J connectivity index is 2.10. The first-order valence-corrected chi connectivity index (χ1v) is 12.2. The molecule has 30 heavy (non-hydrogen) atoms. The van der Waals surface area contributed by atoms with Gasteiger partial charge in [-0.25, -0.2) is 18.5 Å². The Bertz CT molecular complexity index is 968. The summed E-state index contributed by atoms with van der Waals surface area (Å²) in [4.78, 5) is 50.7. The van der Waals surface area contributed by atoms with Gasteiger partial charge in [0.15, 0.2) is 6.23 Å². The summed E-state index contributed by atoms with van der Waals surface area (Å²) in [5.74, 6) is -1.50. The summed E-state index contributed by atoms with van der Waals surface area (Å²) in [6.45, 7) is -2.22. The fraction of sp³-hybridized carbons (Fsp3) is 0.600. The smallest absolute Gasteiger partial charge is 0.388 e. The van der Waals surface area contributed by atoms with Crippen molar-refractivity contribution in [3.8, 4) is 0 Å². The maximum absolute atomic E-state index is 13.4. The lowest BCUT2D eigenvalue weighted by atomic mass is 10.00. The van der Waals surface area contributed by atoms with Gasteiger partial charge in [0.1, 0.15) is 11.9 Å². The minimum Gasteiger partial charge on any atom is -0.388 e. The van der Waals surface area contributed by atoms with Crippen LogP contribution in [-0.4, -0.2) is 59.7 Å². The lowest BCUT2D eigenvalue weighted by molar-refractivity contribution is -0.0529. The van der Waals surface area contributed by atoms with E-state index in [1.165, 1.54) is 6.07 Å². The third-order valence-electron chi connectivity index (χ3n) is 3.64. The van der Waals surface area contributed by atoms with Gasteiger partial charge in [-0.3, -0.25) is 13.5 Å². The van der Waals surface area contributed by atoms with Crippen LogP contribution in [0.25, 0.3) is 0 Å². The molecule has 1 saturated heterocycles. The summed E-state index contributed by atoms with van der Waals surface area (Å²) < 4.78 is 64.5. The number of nitrogens with zero attached hydrogens (tertiary/aromatic N) is 2. The van der Waals surface area contributed by atoms with Crippen molar-refractivity contribution in [1.29, 1.82) is 0 Å². The van der Waals surface area contributed by atoms with Crippen molar-refractivity contribution in [1.82, 2.24) is 9.55 Å². The van der Waals surface area contributed by atoms with Crippen LogP contribution in [0.15, 0.2) is 17.1 Å². The van der Waals surface area contributed by atoms with E-state index in [4.69, 9.17) is 25.2 Å². The van der Waals surface area contributed by atoms with E-state index in [2.05, 4.69) is 18.1 Å². The van der Waals surface area contributed by atoms with Crippen LogP contribution in [0.4, 0.5) is 10.2 Å². The Morgan fingerprint density at radius 2 is 1.83 bits per heavy atom. The molecule has 1 aliphatic rings. The number of ether oxygens (including phenoxy) is 1. The van der Waals surface area contributed by atoms with Crippen LogP contribution in [0.3, 0.4) is 0 Å². The summed E-state index contributed by atoms with van der Waals surface area (Å²) in [6.07, 6.45) is -3.45. The van der Waals surface area contributed by atoms with E-state index >= 15 is 0 Å². The molecule has 0 spiro atoms. The maximum atomic E-state index is 13.4. The second kappa shape index (κ2) is 9.20. The zero-order valence-corrected chi connectivity index (χ0v) is 17.3. The number of aromatic nitrogens is 2. The molecule has 1 aliphatic heterocycles. The van der Waals surface area contributed by atoms with Crippen LogP contribution in [0, 0.1) is 5.92 Å². The average molecular weight is 499 g/mol. The first kappa shape index (κ1) is 25.2. The number of phosphoric ester groups is 1. The topological polar surface area (TPSA) is 250 Å². The number of phosphoric acid groups is 3. The summed E-state index contributed by atoms with van der Waals surface area (Å²) in [5, 5.41) is 10.2. The van der Waals surface area contributed by atoms with Gasteiger partial charge in [0, 0.05) is 12.1 Å². The van der Waals surface area contributed by atoms with Crippen LogP contribution in [0.5, 0.6) is 0 Å². The first-order chi connectivity index (χ1) is 13.6. The Hall–Kier alpha value is -1.06. The number of halogens is 1. The molecular formula is C10H17FN3O13P3. The second-order valence-corrected chi connectivity index (χ2v) is 10.2. The molecule has 2 unspecified atom stereocenters. The van der Waals surface area contributed by atoms with E-state index < -0.39 is 66.8 Å². The standard InChI is InChI=1S/C10H17FN3O13P3/c11-3-5-6(4-24-29(20,21)27-30(22,23)26-28(17,18)19)25-9(8(5)15)14-2-1-7(12)13-10(14)16/h1-2,5-6,8-9,15H,3-4H2,(H,20,21)(H,22,23)(H2,12,13,16)(H2,17,18,19)/t5-,6-,8-,9-/m1/s1.